The second kappa shape index (κ2) is 3.50. The van der Waals surface area contributed by atoms with Gasteiger partial charge in [0.05, 0.1) is 5.38 Å². The lowest BCUT2D eigenvalue weighted by Crippen LogP contribution is -2.24. The molecule has 0 spiro atoms. The molecule has 1 aliphatic rings. The highest BCUT2D eigenvalue weighted by atomic mass is 35.5. The Balaban J connectivity index is 2.23. The summed E-state index contributed by atoms with van der Waals surface area (Å²) >= 11 is 5.90. The van der Waals surface area contributed by atoms with E-state index in [0.29, 0.717) is 18.7 Å². The third kappa shape index (κ3) is 1.68. The van der Waals surface area contributed by atoms with Gasteiger partial charge in [0.1, 0.15) is 0 Å². The third-order valence-corrected chi connectivity index (χ3v) is 2.57. The van der Waals surface area contributed by atoms with E-state index < -0.39 is 0 Å². The number of halogens is 1. The molecule has 74 valence electrons. The van der Waals surface area contributed by atoms with Crippen LogP contribution in [0.25, 0.3) is 0 Å². The van der Waals surface area contributed by atoms with Crippen LogP contribution in [0.2, 0.25) is 0 Å². The molecule has 1 saturated heterocycles. The SMILES string of the molecule is Nc1ccc(N2CC(Cl)CC2=O)cc1. The maximum absolute atomic E-state index is 11.5. The Morgan fingerprint density at radius 3 is 2.50 bits per heavy atom. The molecule has 1 amide bonds. The van der Waals surface area contributed by atoms with Crippen molar-refractivity contribution < 1.29 is 4.79 Å². The topological polar surface area (TPSA) is 46.3 Å². The molecule has 1 heterocycles. The van der Waals surface area contributed by atoms with Crippen LogP contribution in [0.1, 0.15) is 6.42 Å². The predicted octanol–water partition coefficient (Wildman–Crippen LogP) is 1.61. The zero-order chi connectivity index (χ0) is 10.1. The molecule has 4 heteroatoms. The van der Waals surface area contributed by atoms with E-state index in [9.17, 15) is 4.79 Å². The van der Waals surface area contributed by atoms with E-state index in [1.807, 2.05) is 12.1 Å². The van der Waals surface area contributed by atoms with Gasteiger partial charge in [0.25, 0.3) is 0 Å². The molecule has 0 aromatic heterocycles. The van der Waals surface area contributed by atoms with Crippen molar-refractivity contribution in [1.29, 1.82) is 0 Å². The minimum Gasteiger partial charge on any atom is -0.399 e. The van der Waals surface area contributed by atoms with Crippen molar-refractivity contribution in [2.24, 2.45) is 0 Å². The number of hydrogen-bond acceptors (Lipinski definition) is 2. The summed E-state index contributed by atoms with van der Waals surface area (Å²) in [6.45, 7) is 0.588. The van der Waals surface area contributed by atoms with Crippen molar-refractivity contribution in [3.63, 3.8) is 0 Å². The van der Waals surface area contributed by atoms with Gasteiger partial charge < -0.3 is 10.6 Å². The number of nitrogens with zero attached hydrogens (tertiary/aromatic N) is 1. The smallest absolute Gasteiger partial charge is 0.228 e. The van der Waals surface area contributed by atoms with E-state index >= 15 is 0 Å². The number of benzene rings is 1. The first kappa shape index (κ1) is 9.34. The van der Waals surface area contributed by atoms with E-state index in [4.69, 9.17) is 17.3 Å². The Morgan fingerprint density at radius 2 is 2.00 bits per heavy atom. The number of rotatable bonds is 1. The van der Waals surface area contributed by atoms with Gasteiger partial charge in [-0.05, 0) is 24.3 Å². The van der Waals surface area contributed by atoms with Crippen LogP contribution in [0, 0.1) is 0 Å². The molecule has 1 aromatic carbocycles. The van der Waals surface area contributed by atoms with Gasteiger partial charge in [-0.15, -0.1) is 11.6 Å². The highest BCUT2D eigenvalue weighted by Gasteiger charge is 2.28. The van der Waals surface area contributed by atoms with Crippen LogP contribution in [0.4, 0.5) is 11.4 Å². The maximum atomic E-state index is 11.5. The maximum Gasteiger partial charge on any atom is 0.228 e. The lowest BCUT2D eigenvalue weighted by Gasteiger charge is -2.15. The molecule has 2 rings (SSSR count). The van der Waals surface area contributed by atoms with Gasteiger partial charge in [0.2, 0.25) is 5.91 Å². The Labute approximate surface area is 87.4 Å². The van der Waals surface area contributed by atoms with Gasteiger partial charge in [-0.25, -0.2) is 0 Å². The molecule has 1 unspecified atom stereocenters. The molecule has 1 aliphatic heterocycles. The molecule has 1 aromatic rings. The van der Waals surface area contributed by atoms with Crippen LogP contribution in [0.3, 0.4) is 0 Å². The number of amides is 1. The van der Waals surface area contributed by atoms with E-state index in [1.165, 1.54) is 0 Å². The Hall–Kier alpha value is -1.22. The quantitative estimate of drug-likeness (QED) is 0.566. The number of nitrogens with two attached hydrogens (primary N) is 1. The largest absolute Gasteiger partial charge is 0.399 e. The fourth-order valence-electron chi connectivity index (χ4n) is 1.57. The van der Waals surface area contributed by atoms with Crippen molar-refractivity contribution in [1.82, 2.24) is 0 Å². The van der Waals surface area contributed by atoms with Gasteiger partial charge in [0, 0.05) is 24.3 Å². The molecule has 2 N–H and O–H groups in total. The summed E-state index contributed by atoms with van der Waals surface area (Å²) in [4.78, 5) is 13.2. The van der Waals surface area contributed by atoms with Gasteiger partial charge >= 0.3 is 0 Å². The van der Waals surface area contributed by atoms with E-state index in [2.05, 4.69) is 0 Å². The molecule has 0 radical (unpaired) electrons. The number of anilines is 2. The van der Waals surface area contributed by atoms with Crippen molar-refractivity contribution in [2.45, 2.75) is 11.8 Å². The van der Waals surface area contributed by atoms with Gasteiger partial charge in [-0.1, -0.05) is 0 Å². The van der Waals surface area contributed by atoms with Gasteiger partial charge in [0.15, 0.2) is 0 Å². The van der Waals surface area contributed by atoms with E-state index in [1.54, 1.807) is 17.0 Å². The standard InChI is InChI=1S/C10H11ClN2O/c11-7-5-10(14)13(6-7)9-3-1-8(12)2-4-9/h1-4,7H,5-6,12H2. The van der Waals surface area contributed by atoms with Crippen LogP contribution in [0.5, 0.6) is 0 Å². The Morgan fingerprint density at radius 1 is 1.36 bits per heavy atom. The van der Waals surface area contributed by atoms with Crippen LogP contribution in [0.15, 0.2) is 24.3 Å². The summed E-state index contributed by atoms with van der Waals surface area (Å²) in [5.41, 5.74) is 7.12. The highest BCUT2D eigenvalue weighted by molar-refractivity contribution is 6.24. The van der Waals surface area contributed by atoms with Crippen molar-refractivity contribution in [3.8, 4) is 0 Å². The van der Waals surface area contributed by atoms with Crippen molar-refractivity contribution in [3.05, 3.63) is 24.3 Å². The first-order valence-electron chi connectivity index (χ1n) is 4.47. The summed E-state index contributed by atoms with van der Waals surface area (Å²) in [6, 6.07) is 7.23. The molecule has 0 bridgehead atoms. The molecule has 0 aliphatic carbocycles. The molecule has 0 saturated carbocycles. The van der Waals surface area contributed by atoms with E-state index in [-0.39, 0.29) is 11.3 Å². The van der Waals surface area contributed by atoms with E-state index in [0.717, 1.165) is 5.69 Å². The molecule has 1 fully saturated rings. The van der Waals surface area contributed by atoms with Crippen molar-refractivity contribution >= 4 is 28.9 Å². The minimum absolute atomic E-state index is 0.0694. The van der Waals surface area contributed by atoms with Crippen molar-refractivity contribution in [2.75, 3.05) is 17.2 Å². The normalized spacial score (nSPS) is 21.6. The number of carbonyl (C=O) groups excluding carboxylic acids is 1. The first-order chi connectivity index (χ1) is 6.66. The highest BCUT2D eigenvalue weighted by Crippen LogP contribution is 2.24. The minimum atomic E-state index is -0.0694. The lowest BCUT2D eigenvalue weighted by molar-refractivity contribution is -0.117. The summed E-state index contributed by atoms with van der Waals surface area (Å²) in [6.07, 6.45) is 0.423. The number of hydrogen-bond donors (Lipinski definition) is 1. The number of carbonyl (C=O) groups is 1. The zero-order valence-electron chi connectivity index (χ0n) is 7.61. The molecule has 14 heavy (non-hydrogen) atoms. The molecular weight excluding hydrogens is 200 g/mol. The Kier molecular flexibility index (Phi) is 2.33. The second-order valence-corrected chi connectivity index (χ2v) is 4.01. The number of alkyl halides is 1. The predicted molar refractivity (Wildman–Crippen MR) is 57.5 cm³/mol. The first-order valence-corrected chi connectivity index (χ1v) is 4.90. The Bertz CT molecular complexity index is 350. The summed E-state index contributed by atoms with van der Waals surface area (Å²) in [5.74, 6) is 0.0785. The second-order valence-electron chi connectivity index (χ2n) is 3.40. The van der Waals surface area contributed by atoms with Crippen LogP contribution < -0.4 is 10.6 Å². The van der Waals surface area contributed by atoms with Crippen LogP contribution in [-0.4, -0.2) is 17.8 Å². The van der Waals surface area contributed by atoms with Gasteiger partial charge in [-0.3, -0.25) is 4.79 Å². The summed E-state index contributed by atoms with van der Waals surface area (Å²) in [7, 11) is 0. The molecule has 3 nitrogen and oxygen atoms in total. The zero-order valence-corrected chi connectivity index (χ0v) is 8.37. The fourth-order valence-corrected chi connectivity index (χ4v) is 1.84. The number of nitrogen functional groups attached to an aromatic ring is 1. The molecular formula is C10H11ClN2O. The summed E-state index contributed by atoms with van der Waals surface area (Å²) < 4.78 is 0. The monoisotopic (exact) mass is 210 g/mol. The van der Waals surface area contributed by atoms with Crippen LogP contribution >= 0.6 is 11.6 Å². The van der Waals surface area contributed by atoms with Crippen LogP contribution in [-0.2, 0) is 4.79 Å². The third-order valence-electron chi connectivity index (χ3n) is 2.28. The lowest BCUT2D eigenvalue weighted by atomic mass is 10.2. The summed E-state index contributed by atoms with van der Waals surface area (Å²) in [5, 5.41) is -0.0694. The molecule has 1 atom stereocenters. The average molecular weight is 211 g/mol. The fraction of sp³-hybridized carbons (Fsp3) is 0.300. The van der Waals surface area contributed by atoms with Gasteiger partial charge in [-0.2, -0.15) is 0 Å². The average Bonchev–Trinajstić information content (AvgIpc) is 2.47.